The third-order valence-electron chi connectivity index (χ3n) is 3.61. The molecular formula is C16H17BrFN3O. The Kier molecular flexibility index (Phi) is 4.90. The van der Waals surface area contributed by atoms with Crippen LogP contribution in [-0.4, -0.2) is 37.3 Å². The monoisotopic (exact) mass is 365 g/mol. The van der Waals surface area contributed by atoms with Crippen LogP contribution in [0.25, 0.3) is 0 Å². The number of aromatic nitrogens is 1. The van der Waals surface area contributed by atoms with Crippen LogP contribution >= 0.6 is 15.9 Å². The summed E-state index contributed by atoms with van der Waals surface area (Å²) < 4.78 is 20.2. The van der Waals surface area contributed by atoms with Crippen LogP contribution in [0.4, 0.5) is 10.1 Å². The van der Waals surface area contributed by atoms with Crippen LogP contribution in [0.1, 0.15) is 0 Å². The Morgan fingerprint density at radius 2 is 2.32 bits per heavy atom. The molecule has 0 bridgehead atoms. The first-order chi connectivity index (χ1) is 10.7. The molecule has 1 N–H and O–H groups in total. The van der Waals surface area contributed by atoms with Crippen molar-refractivity contribution in [2.75, 3.05) is 31.1 Å². The molecule has 1 aliphatic heterocycles. The SMILES string of the molecule is Fc1cc(Br)cc(N2CCNCC2COc2cccnc2)c1. The van der Waals surface area contributed by atoms with Crippen molar-refractivity contribution in [3.63, 3.8) is 0 Å². The third kappa shape index (κ3) is 3.75. The summed E-state index contributed by atoms with van der Waals surface area (Å²) in [4.78, 5) is 6.22. The quantitative estimate of drug-likeness (QED) is 0.903. The number of pyridine rings is 1. The van der Waals surface area contributed by atoms with Crippen LogP contribution in [0.5, 0.6) is 5.75 Å². The second kappa shape index (κ2) is 7.07. The highest BCUT2D eigenvalue weighted by atomic mass is 79.9. The Hall–Kier alpha value is -1.66. The predicted octanol–water partition coefficient (Wildman–Crippen LogP) is 2.84. The lowest BCUT2D eigenvalue weighted by atomic mass is 10.1. The molecule has 0 radical (unpaired) electrons. The molecule has 1 fully saturated rings. The average molecular weight is 366 g/mol. The maximum Gasteiger partial charge on any atom is 0.137 e. The van der Waals surface area contributed by atoms with Crippen molar-refractivity contribution in [2.45, 2.75) is 6.04 Å². The second-order valence-corrected chi connectivity index (χ2v) is 6.09. The molecule has 4 nitrogen and oxygen atoms in total. The van der Waals surface area contributed by atoms with Crippen molar-refractivity contribution in [3.05, 3.63) is 53.0 Å². The van der Waals surface area contributed by atoms with Crippen LogP contribution in [0.15, 0.2) is 47.2 Å². The summed E-state index contributed by atoms with van der Waals surface area (Å²) in [5.74, 6) is 0.503. The second-order valence-electron chi connectivity index (χ2n) is 5.18. The summed E-state index contributed by atoms with van der Waals surface area (Å²) in [6, 6.07) is 8.83. The van der Waals surface area contributed by atoms with Gasteiger partial charge in [0, 0.05) is 36.0 Å². The van der Waals surface area contributed by atoms with Gasteiger partial charge in [-0.2, -0.15) is 0 Å². The number of nitrogens with zero attached hydrogens (tertiary/aromatic N) is 2. The van der Waals surface area contributed by atoms with Crippen LogP contribution in [0, 0.1) is 5.82 Å². The zero-order valence-electron chi connectivity index (χ0n) is 12.0. The standard InChI is InChI=1S/C16H17BrFN3O/c17-12-6-13(18)8-14(7-12)21-5-4-20-9-15(21)11-22-16-2-1-3-19-10-16/h1-3,6-8,10,15,20H,4-5,9,11H2. The third-order valence-corrected chi connectivity index (χ3v) is 4.06. The maximum atomic E-state index is 13.6. The summed E-state index contributed by atoms with van der Waals surface area (Å²) in [7, 11) is 0. The number of rotatable bonds is 4. The molecule has 1 atom stereocenters. The Balaban J connectivity index is 1.73. The van der Waals surface area contributed by atoms with Gasteiger partial charge in [0.2, 0.25) is 0 Å². The topological polar surface area (TPSA) is 37.4 Å². The highest BCUT2D eigenvalue weighted by Gasteiger charge is 2.23. The lowest BCUT2D eigenvalue weighted by molar-refractivity contribution is 0.266. The number of nitrogens with one attached hydrogen (secondary N) is 1. The van der Waals surface area contributed by atoms with Crippen molar-refractivity contribution in [2.24, 2.45) is 0 Å². The molecule has 2 aromatic rings. The largest absolute Gasteiger partial charge is 0.490 e. The van der Waals surface area contributed by atoms with Crippen molar-refractivity contribution < 1.29 is 9.13 Å². The lowest BCUT2D eigenvalue weighted by Gasteiger charge is -2.37. The summed E-state index contributed by atoms with van der Waals surface area (Å²) in [6.07, 6.45) is 3.41. The summed E-state index contributed by atoms with van der Waals surface area (Å²) in [5.41, 5.74) is 0.869. The summed E-state index contributed by atoms with van der Waals surface area (Å²) in [5, 5.41) is 3.36. The number of anilines is 1. The van der Waals surface area contributed by atoms with Crippen LogP contribution in [0.2, 0.25) is 0 Å². The van der Waals surface area contributed by atoms with Crippen LogP contribution in [-0.2, 0) is 0 Å². The van der Waals surface area contributed by atoms with E-state index >= 15 is 0 Å². The van der Waals surface area contributed by atoms with Crippen molar-refractivity contribution in [3.8, 4) is 5.75 Å². The Bertz CT molecular complexity index is 606. The Morgan fingerprint density at radius 1 is 1.41 bits per heavy atom. The number of piperazine rings is 1. The van der Waals surface area contributed by atoms with Gasteiger partial charge in [-0.1, -0.05) is 15.9 Å². The van der Waals surface area contributed by atoms with E-state index in [9.17, 15) is 4.39 Å². The Morgan fingerprint density at radius 3 is 3.09 bits per heavy atom. The minimum atomic E-state index is -0.241. The van der Waals surface area contributed by atoms with Gasteiger partial charge in [-0.05, 0) is 30.3 Å². The van der Waals surface area contributed by atoms with Crippen molar-refractivity contribution in [1.29, 1.82) is 0 Å². The molecule has 0 amide bonds. The highest BCUT2D eigenvalue weighted by molar-refractivity contribution is 9.10. The molecule has 0 spiro atoms. The summed E-state index contributed by atoms with van der Waals surface area (Å²) in [6.45, 7) is 3.01. The number of benzene rings is 1. The molecule has 0 saturated carbocycles. The first-order valence-electron chi connectivity index (χ1n) is 7.18. The number of ether oxygens (including phenoxy) is 1. The normalized spacial score (nSPS) is 18.3. The molecule has 1 aliphatic rings. The molecule has 1 aromatic heterocycles. The van der Waals surface area contributed by atoms with E-state index < -0.39 is 0 Å². The van der Waals surface area contributed by atoms with E-state index in [4.69, 9.17) is 4.74 Å². The molecular weight excluding hydrogens is 349 g/mol. The minimum absolute atomic E-state index is 0.141. The van der Waals surface area contributed by atoms with Gasteiger partial charge >= 0.3 is 0 Å². The average Bonchev–Trinajstić information content (AvgIpc) is 2.53. The lowest BCUT2D eigenvalue weighted by Crippen LogP contribution is -2.54. The van der Waals surface area contributed by atoms with Gasteiger partial charge in [0.25, 0.3) is 0 Å². The van der Waals surface area contributed by atoms with Crippen LogP contribution < -0.4 is 15.0 Å². The van der Waals surface area contributed by atoms with E-state index in [1.54, 1.807) is 18.5 Å². The summed E-state index contributed by atoms with van der Waals surface area (Å²) >= 11 is 3.35. The van der Waals surface area contributed by atoms with E-state index in [1.165, 1.54) is 6.07 Å². The maximum absolute atomic E-state index is 13.6. The molecule has 1 unspecified atom stereocenters. The van der Waals surface area contributed by atoms with Gasteiger partial charge in [0.1, 0.15) is 18.2 Å². The first kappa shape index (κ1) is 15.2. The number of hydrogen-bond acceptors (Lipinski definition) is 4. The Labute approximate surface area is 137 Å². The van der Waals surface area contributed by atoms with Crippen LogP contribution in [0.3, 0.4) is 0 Å². The van der Waals surface area contributed by atoms with E-state index in [1.807, 2.05) is 18.2 Å². The smallest absolute Gasteiger partial charge is 0.137 e. The molecule has 1 aromatic carbocycles. The van der Waals surface area contributed by atoms with Gasteiger partial charge in [-0.3, -0.25) is 4.98 Å². The van der Waals surface area contributed by atoms with E-state index in [0.29, 0.717) is 6.61 Å². The highest BCUT2D eigenvalue weighted by Crippen LogP contribution is 2.25. The molecule has 2 heterocycles. The molecule has 22 heavy (non-hydrogen) atoms. The number of hydrogen-bond donors (Lipinski definition) is 1. The zero-order valence-corrected chi connectivity index (χ0v) is 13.6. The molecule has 116 valence electrons. The van der Waals surface area contributed by atoms with Crippen molar-refractivity contribution in [1.82, 2.24) is 10.3 Å². The fourth-order valence-electron chi connectivity index (χ4n) is 2.58. The van der Waals surface area contributed by atoms with Gasteiger partial charge in [0.05, 0.1) is 12.2 Å². The fraction of sp³-hybridized carbons (Fsp3) is 0.312. The van der Waals surface area contributed by atoms with Gasteiger partial charge in [0.15, 0.2) is 0 Å². The van der Waals surface area contributed by atoms with Crippen molar-refractivity contribution >= 4 is 21.6 Å². The molecule has 3 rings (SSSR count). The minimum Gasteiger partial charge on any atom is -0.490 e. The van der Waals surface area contributed by atoms with Gasteiger partial charge < -0.3 is 15.0 Å². The predicted molar refractivity (Wildman–Crippen MR) is 87.8 cm³/mol. The number of halogens is 2. The fourth-order valence-corrected chi connectivity index (χ4v) is 3.03. The van der Waals surface area contributed by atoms with Gasteiger partial charge in [-0.15, -0.1) is 0 Å². The van der Waals surface area contributed by atoms with Gasteiger partial charge in [-0.25, -0.2) is 4.39 Å². The molecule has 0 aliphatic carbocycles. The van der Waals surface area contributed by atoms with E-state index in [2.05, 4.69) is 31.1 Å². The van der Waals surface area contributed by atoms with E-state index in [0.717, 1.165) is 35.5 Å². The first-order valence-corrected chi connectivity index (χ1v) is 7.98. The van der Waals surface area contributed by atoms with E-state index in [-0.39, 0.29) is 11.9 Å². The zero-order chi connectivity index (χ0) is 15.4. The molecule has 1 saturated heterocycles. The molecule has 6 heteroatoms.